The van der Waals surface area contributed by atoms with Gasteiger partial charge in [-0.15, -0.1) is 0 Å². The number of hydrogen-bond acceptors (Lipinski definition) is 3. The molecule has 0 radical (unpaired) electrons. The van der Waals surface area contributed by atoms with Gasteiger partial charge in [0.15, 0.2) is 0 Å². The minimum Gasteiger partial charge on any atom is -0.368 e. The number of amides is 1. The summed E-state index contributed by atoms with van der Waals surface area (Å²) in [5.41, 5.74) is 11.7. The number of benzene rings is 1. The van der Waals surface area contributed by atoms with Gasteiger partial charge in [0, 0.05) is 24.3 Å². The number of primary amides is 1. The number of carbonyl (C=O) groups excluding carboxylic acids is 1. The van der Waals surface area contributed by atoms with E-state index in [1.807, 2.05) is 0 Å². The maximum Gasteiger partial charge on any atom is 0.236 e. The number of hydrogen-bond donors (Lipinski definition) is 2. The molecule has 0 aliphatic heterocycles. The van der Waals surface area contributed by atoms with Crippen LogP contribution in [0.4, 0.5) is 10.1 Å². The highest BCUT2D eigenvalue weighted by molar-refractivity contribution is 5.79. The van der Waals surface area contributed by atoms with Gasteiger partial charge in [-0.1, -0.05) is 19.4 Å². The Hall–Kier alpha value is -1.62. The molecular weight excluding hydrogens is 233 g/mol. The molecule has 0 saturated carbocycles. The SMILES string of the molecule is CCCCN(CC(N)=O)c1ccc(CN)c(F)c1. The Bertz CT molecular complexity index is 409. The molecular formula is C13H20FN3O. The first kappa shape index (κ1) is 14.4. The van der Waals surface area contributed by atoms with Gasteiger partial charge in [-0.25, -0.2) is 4.39 Å². The molecule has 5 heteroatoms. The zero-order chi connectivity index (χ0) is 13.5. The standard InChI is InChI=1S/C13H20FN3O/c1-2-3-6-17(9-13(16)18)11-5-4-10(8-15)12(14)7-11/h4-5,7H,2-3,6,8-9,15H2,1H3,(H2,16,18). The van der Waals surface area contributed by atoms with Crippen LogP contribution >= 0.6 is 0 Å². The van der Waals surface area contributed by atoms with Crippen molar-refractivity contribution in [2.24, 2.45) is 11.5 Å². The highest BCUT2D eigenvalue weighted by atomic mass is 19.1. The molecule has 1 aromatic carbocycles. The second-order valence-electron chi connectivity index (χ2n) is 4.22. The molecule has 1 amide bonds. The first-order chi connectivity index (χ1) is 8.58. The molecule has 0 fully saturated rings. The van der Waals surface area contributed by atoms with Gasteiger partial charge in [0.05, 0.1) is 6.54 Å². The van der Waals surface area contributed by atoms with E-state index < -0.39 is 5.91 Å². The molecule has 4 N–H and O–H groups in total. The Morgan fingerprint density at radius 2 is 2.17 bits per heavy atom. The van der Waals surface area contributed by atoms with Crippen molar-refractivity contribution in [1.29, 1.82) is 0 Å². The number of rotatable bonds is 7. The van der Waals surface area contributed by atoms with Crippen LogP contribution in [-0.4, -0.2) is 19.0 Å². The lowest BCUT2D eigenvalue weighted by Gasteiger charge is -2.23. The lowest BCUT2D eigenvalue weighted by atomic mass is 10.1. The number of halogens is 1. The quantitative estimate of drug-likeness (QED) is 0.771. The predicted octanol–water partition coefficient (Wildman–Crippen LogP) is 1.38. The molecule has 4 nitrogen and oxygen atoms in total. The van der Waals surface area contributed by atoms with E-state index in [0.717, 1.165) is 12.8 Å². The van der Waals surface area contributed by atoms with E-state index in [4.69, 9.17) is 11.5 Å². The third-order valence-electron chi connectivity index (χ3n) is 2.75. The Labute approximate surface area is 107 Å². The van der Waals surface area contributed by atoms with Crippen LogP contribution in [0, 0.1) is 5.82 Å². The zero-order valence-corrected chi connectivity index (χ0v) is 10.7. The smallest absolute Gasteiger partial charge is 0.236 e. The molecule has 0 aliphatic rings. The Balaban J connectivity index is 2.89. The van der Waals surface area contributed by atoms with Crippen molar-refractivity contribution < 1.29 is 9.18 Å². The maximum atomic E-state index is 13.6. The lowest BCUT2D eigenvalue weighted by Crippen LogP contribution is -2.34. The van der Waals surface area contributed by atoms with Crippen molar-refractivity contribution in [3.05, 3.63) is 29.6 Å². The highest BCUT2D eigenvalue weighted by Gasteiger charge is 2.11. The minimum atomic E-state index is -0.422. The molecule has 100 valence electrons. The average Bonchev–Trinajstić information content (AvgIpc) is 2.34. The molecule has 1 aromatic rings. The summed E-state index contributed by atoms with van der Waals surface area (Å²) in [5, 5.41) is 0. The average molecular weight is 253 g/mol. The van der Waals surface area contributed by atoms with Crippen molar-refractivity contribution in [3.63, 3.8) is 0 Å². The fraction of sp³-hybridized carbons (Fsp3) is 0.462. The van der Waals surface area contributed by atoms with Crippen molar-refractivity contribution in [2.45, 2.75) is 26.3 Å². The second kappa shape index (κ2) is 6.96. The van der Waals surface area contributed by atoms with Crippen LogP contribution in [0.25, 0.3) is 0 Å². The molecule has 0 spiro atoms. The highest BCUT2D eigenvalue weighted by Crippen LogP contribution is 2.19. The molecule has 0 aliphatic carbocycles. The van der Waals surface area contributed by atoms with Gasteiger partial charge in [0.25, 0.3) is 0 Å². The van der Waals surface area contributed by atoms with E-state index >= 15 is 0 Å². The number of nitrogens with zero attached hydrogens (tertiary/aromatic N) is 1. The van der Waals surface area contributed by atoms with Gasteiger partial charge in [0.1, 0.15) is 5.82 Å². The van der Waals surface area contributed by atoms with E-state index in [0.29, 0.717) is 17.8 Å². The van der Waals surface area contributed by atoms with Gasteiger partial charge in [-0.2, -0.15) is 0 Å². The van der Waals surface area contributed by atoms with Crippen LogP contribution in [0.1, 0.15) is 25.3 Å². The van der Waals surface area contributed by atoms with Gasteiger partial charge in [-0.05, 0) is 18.6 Å². The molecule has 0 aromatic heterocycles. The van der Waals surface area contributed by atoms with E-state index in [1.165, 1.54) is 6.07 Å². The van der Waals surface area contributed by atoms with Gasteiger partial charge < -0.3 is 16.4 Å². The van der Waals surface area contributed by atoms with Crippen molar-refractivity contribution in [2.75, 3.05) is 18.0 Å². The van der Waals surface area contributed by atoms with Crippen LogP contribution in [0.5, 0.6) is 0 Å². The van der Waals surface area contributed by atoms with E-state index in [-0.39, 0.29) is 18.9 Å². The molecule has 1 rings (SSSR count). The second-order valence-corrected chi connectivity index (χ2v) is 4.22. The first-order valence-electron chi connectivity index (χ1n) is 6.10. The largest absolute Gasteiger partial charge is 0.368 e. The van der Waals surface area contributed by atoms with Gasteiger partial charge in [-0.3, -0.25) is 4.79 Å². The summed E-state index contributed by atoms with van der Waals surface area (Å²) in [7, 11) is 0. The summed E-state index contributed by atoms with van der Waals surface area (Å²) in [4.78, 5) is 12.8. The van der Waals surface area contributed by atoms with Crippen LogP contribution in [-0.2, 0) is 11.3 Å². The Morgan fingerprint density at radius 1 is 1.44 bits per heavy atom. The van der Waals surface area contributed by atoms with Crippen LogP contribution in [0.2, 0.25) is 0 Å². The van der Waals surface area contributed by atoms with E-state index in [2.05, 4.69) is 6.92 Å². The minimum absolute atomic E-state index is 0.0986. The van der Waals surface area contributed by atoms with Crippen LogP contribution in [0.15, 0.2) is 18.2 Å². The summed E-state index contributed by atoms with van der Waals surface area (Å²) in [5.74, 6) is -0.768. The Morgan fingerprint density at radius 3 is 2.67 bits per heavy atom. The van der Waals surface area contributed by atoms with Crippen LogP contribution in [0.3, 0.4) is 0 Å². The molecule has 18 heavy (non-hydrogen) atoms. The van der Waals surface area contributed by atoms with Gasteiger partial charge in [0.2, 0.25) is 5.91 Å². The molecule has 0 atom stereocenters. The van der Waals surface area contributed by atoms with Crippen LogP contribution < -0.4 is 16.4 Å². The van der Waals surface area contributed by atoms with Gasteiger partial charge >= 0.3 is 0 Å². The Kier molecular flexibility index (Phi) is 5.58. The number of carbonyl (C=O) groups is 1. The van der Waals surface area contributed by atoms with E-state index in [1.54, 1.807) is 17.0 Å². The molecule has 0 heterocycles. The summed E-state index contributed by atoms with van der Waals surface area (Å²) < 4.78 is 13.6. The summed E-state index contributed by atoms with van der Waals surface area (Å²) >= 11 is 0. The number of anilines is 1. The van der Waals surface area contributed by atoms with Crippen molar-refractivity contribution >= 4 is 11.6 Å². The fourth-order valence-electron chi connectivity index (χ4n) is 1.73. The number of nitrogens with two attached hydrogens (primary N) is 2. The normalized spacial score (nSPS) is 10.4. The lowest BCUT2D eigenvalue weighted by molar-refractivity contribution is -0.116. The van der Waals surface area contributed by atoms with Crippen molar-refractivity contribution in [3.8, 4) is 0 Å². The van der Waals surface area contributed by atoms with Crippen molar-refractivity contribution in [1.82, 2.24) is 0 Å². The predicted molar refractivity (Wildman–Crippen MR) is 70.6 cm³/mol. The zero-order valence-electron chi connectivity index (χ0n) is 10.7. The third-order valence-corrected chi connectivity index (χ3v) is 2.75. The summed E-state index contributed by atoms with van der Waals surface area (Å²) in [6, 6.07) is 4.81. The maximum absolute atomic E-state index is 13.6. The monoisotopic (exact) mass is 253 g/mol. The molecule has 0 unspecified atom stereocenters. The summed E-state index contributed by atoms with van der Waals surface area (Å²) in [6.45, 7) is 3.00. The third kappa shape index (κ3) is 4.00. The van der Waals surface area contributed by atoms with E-state index in [9.17, 15) is 9.18 Å². The molecule has 0 saturated heterocycles. The first-order valence-corrected chi connectivity index (χ1v) is 6.10. The summed E-state index contributed by atoms with van der Waals surface area (Å²) in [6.07, 6.45) is 1.92. The number of unbranched alkanes of at least 4 members (excludes halogenated alkanes) is 1. The molecule has 0 bridgehead atoms. The fourth-order valence-corrected chi connectivity index (χ4v) is 1.73. The topological polar surface area (TPSA) is 72.3 Å².